The normalized spacial score (nSPS) is 34.0. The van der Waals surface area contributed by atoms with Crippen LogP contribution in [0, 0.1) is 5.92 Å². The predicted octanol–water partition coefficient (Wildman–Crippen LogP) is 1.63. The molecule has 0 radical (unpaired) electrons. The van der Waals surface area contributed by atoms with Gasteiger partial charge in [0.1, 0.15) is 0 Å². The molecule has 0 aromatic carbocycles. The van der Waals surface area contributed by atoms with Gasteiger partial charge in [0, 0.05) is 13.1 Å². The molecule has 1 rings (SSSR count). The van der Waals surface area contributed by atoms with Gasteiger partial charge in [0.25, 0.3) is 0 Å². The van der Waals surface area contributed by atoms with E-state index in [1.54, 1.807) is 0 Å². The average Bonchev–Trinajstić information content (AvgIpc) is 2.03. The highest BCUT2D eigenvalue weighted by Gasteiger charge is 2.27. The van der Waals surface area contributed by atoms with Crippen molar-refractivity contribution in [1.29, 1.82) is 0 Å². The molecule has 1 fully saturated rings. The van der Waals surface area contributed by atoms with Gasteiger partial charge >= 0.3 is 0 Å². The molecule has 1 saturated heterocycles. The Bertz CT molecular complexity index is 136. The minimum absolute atomic E-state index is 0.686. The number of rotatable bonds is 2. The van der Waals surface area contributed by atoms with Crippen LogP contribution in [0.1, 0.15) is 27.2 Å². The molecule has 72 valence electrons. The lowest BCUT2D eigenvalue weighted by Crippen LogP contribution is -2.54. The second-order valence-corrected chi connectivity index (χ2v) is 4.02. The van der Waals surface area contributed by atoms with Crippen LogP contribution in [0.4, 0.5) is 0 Å². The molecule has 0 spiro atoms. The van der Waals surface area contributed by atoms with Crippen LogP contribution in [0.25, 0.3) is 0 Å². The first kappa shape index (κ1) is 10.0. The minimum Gasteiger partial charge on any atom is -0.291 e. The van der Waals surface area contributed by atoms with Crippen LogP contribution in [0.3, 0.4) is 0 Å². The molecule has 0 aromatic heterocycles. The zero-order valence-corrected chi connectivity index (χ0v) is 8.88. The van der Waals surface area contributed by atoms with E-state index in [1.807, 2.05) is 0 Å². The van der Waals surface area contributed by atoms with Gasteiger partial charge in [-0.25, -0.2) is 0 Å². The van der Waals surface area contributed by atoms with Crippen LogP contribution in [-0.2, 0) is 0 Å². The van der Waals surface area contributed by atoms with Crippen LogP contribution < -0.4 is 0 Å². The van der Waals surface area contributed by atoms with E-state index in [2.05, 4.69) is 37.6 Å². The molecule has 1 heterocycles. The lowest BCUT2D eigenvalue weighted by molar-refractivity contribution is -0.00230. The Kier molecular flexibility index (Phi) is 3.53. The summed E-state index contributed by atoms with van der Waals surface area (Å²) in [4.78, 5) is 5.06. The largest absolute Gasteiger partial charge is 0.291 e. The molecule has 1 aliphatic rings. The van der Waals surface area contributed by atoms with Gasteiger partial charge in [0.2, 0.25) is 0 Å². The third-order valence-corrected chi connectivity index (χ3v) is 2.85. The summed E-state index contributed by atoms with van der Waals surface area (Å²) in [7, 11) is 2.24. The third kappa shape index (κ3) is 1.99. The summed E-state index contributed by atoms with van der Waals surface area (Å²) in [6, 6.07) is 0. The van der Waals surface area contributed by atoms with Crippen molar-refractivity contribution < 1.29 is 0 Å². The van der Waals surface area contributed by atoms with E-state index >= 15 is 0 Å². The van der Waals surface area contributed by atoms with Gasteiger partial charge in [-0.1, -0.05) is 20.8 Å². The molecule has 2 heteroatoms. The maximum atomic E-state index is 2.58. The minimum atomic E-state index is 0.686. The first-order valence-corrected chi connectivity index (χ1v) is 5.13. The number of hydrogen-bond donors (Lipinski definition) is 0. The summed E-state index contributed by atoms with van der Waals surface area (Å²) in [6.45, 7) is 10.6. The molecular formula is C10H22N2. The summed E-state index contributed by atoms with van der Waals surface area (Å²) in [6.07, 6.45) is 1.93. The van der Waals surface area contributed by atoms with Crippen molar-refractivity contribution in [1.82, 2.24) is 9.80 Å². The highest BCUT2D eigenvalue weighted by Crippen LogP contribution is 2.18. The van der Waals surface area contributed by atoms with Crippen LogP contribution in [0.2, 0.25) is 0 Å². The van der Waals surface area contributed by atoms with Crippen molar-refractivity contribution in [3.05, 3.63) is 0 Å². The van der Waals surface area contributed by atoms with Crippen molar-refractivity contribution in [3.63, 3.8) is 0 Å². The van der Waals surface area contributed by atoms with Crippen LogP contribution >= 0.6 is 0 Å². The van der Waals surface area contributed by atoms with Gasteiger partial charge in [0.15, 0.2) is 0 Å². The molecule has 2 nitrogen and oxygen atoms in total. The highest BCUT2D eigenvalue weighted by atomic mass is 15.4. The summed E-state index contributed by atoms with van der Waals surface area (Å²) in [5.41, 5.74) is 0. The van der Waals surface area contributed by atoms with Crippen molar-refractivity contribution in [2.24, 2.45) is 5.92 Å². The molecule has 0 bridgehead atoms. The molecule has 0 saturated carbocycles. The zero-order valence-electron chi connectivity index (χ0n) is 8.88. The van der Waals surface area contributed by atoms with Crippen LogP contribution in [0.15, 0.2) is 0 Å². The van der Waals surface area contributed by atoms with Crippen molar-refractivity contribution >= 4 is 0 Å². The van der Waals surface area contributed by atoms with Gasteiger partial charge in [-0.15, -0.1) is 0 Å². The Labute approximate surface area is 76.5 Å². The molecule has 0 amide bonds. The van der Waals surface area contributed by atoms with E-state index in [1.165, 1.54) is 26.1 Å². The highest BCUT2D eigenvalue weighted by molar-refractivity contribution is 4.78. The molecule has 0 aromatic rings. The van der Waals surface area contributed by atoms with E-state index < -0.39 is 0 Å². The number of hydrogen-bond acceptors (Lipinski definition) is 2. The smallest absolute Gasteiger partial charge is 0.0617 e. The second kappa shape index (κ2) is 4.24. The first-order valence-electron chi connectivity index (χ1n) is 5.13. The standard InChI is InChI=1S/C10H22N2/c1-5-10-11(4)7-9(3)8-12(10)6-2/h9-10H,5-8H2,1-4H3. The van der Waals surface area contributed by atoms with E-state index in [4.69, 9.17) is 0 Å². The zero-order chi connectivity index (χ0) is 9.14. The van der Waals surface area contributed by atoms with E-state index in [0.717, 1.165) is 5.92 Å². The summed E-state index contributed by atoms with van der Waals surface area (Å²) < 4.78 is 0. The fraction of sp³-hybridized carbons (Fsp3) is 1.00. The molecule has 1 aliphatic heterocycles. The van der Waals surface area contributed by atoms with Crippen molar-refractivity contribution in [3.8, 4) is 0 Å². The number of nitrogens with zero attached hydrogens (tertiary/aromatic N) is 2. The van der Waals surface area contributed by atoms with Crippen LogP contribution in [0.5, 0.6) is 0 Å². The molecule has 0 aliphatic carbocycles. The third-order valence-electron chi connectivity index (χ3n) is 2.85. The Morgan fingerprint density at radius 3 is 2.42 bits per heavy atom. The molecule has 12 heavy (non-hydrogen) atoms. The summed E-state index contributed by atoms with van der Waals surface area (Å²) in [5.74, 6) is 0.831. The topological polar surface area (TPSA) is 6.48 Å². The summed E-state index contributed by atoms with van der Waals surface area (Å²) >= 11 is 0. The molecular weight excluding hydrogens is 148 g/mol. The van der Waals surface area contributed by atoms with E-state index in [9.17, 15) is 0 Å². The van der Waals surface area contributed by atoms with Gasteiger partial charge in [0.05, 0.1) is 6.17 Å². The quantitative estimate of drug-likeness (QED) is 0.621. The van der Waals surface area contributed by atoms with Crippen molar-refractivity contribution in [2.45, 2.75) is 33.4 Å². The fourth-order valence-corrected chi connectivity index (χ4v) is 2.38. The average molecular weight is 170 g/mol. The Balaban J connectivity index is 2.56. The maximum Gasteiger partial charge on any atom is 0.0617 e. The molecule has 0 N–H and O–H groups in total. The van der Waals surface area contributed by atoms with Gasteiger partial charge in [-0.3, -0.25) is 9.80 Å². The lowest BCUT2D eigenvalue weighted by Gasteiger charge is -2.44. The van der Waals surface area contributed by atoms with E-state index in [-0.39, 0.29) is 0 Å². The SMILES string of the molecule is CCC1N(C)CC(C)CN1CC. The van der Waals surface area contributed by atoms with Gasteiger partial charge in [-0.05, 0) is 25.9 Å². The van der Waals surface area contributed by atoms with Crippen molar-refractivity contribution in [2.75, 3.05) is 26.7 Å². The Morgan fingerprint density at radius 1 is 1.25 bits per heavy atom. The first-order chi connectivity index (χ1) is 5.69. The second-order valence-electron chi connectivity index (χ2n) is 4.02. The fourth-order valence-electron chi connectivity index (χ4n) is 2.38. The molecule has 2 unspecified atom stereocenters. The van der Waals surface area contributed by atoms with Gasteiger partial charge < -0.3 is 0 Å². The van der Waals surface area contributed by atoms with E-state index in [0.29, 0.717) is 6.17 Å². The Hall–Kier alpha value is -0.0800. The monoisotopic (exact) mass is 170 g/mol. The predicted molar refractivity (Wildman–Crippen MR) is 53.1 cm³/mol. The lowest BCUT2D eigenvalue weighted by atomic mass is 10.1. The Morgan fingerprint density at radius 2 is 1.92 bits per heavy atom. The summed E-state index contributed by atoms with van der Waals surface area (Å²) in [5, 5.41) is 0. The maximum absolute atomic E-state index is 2.58. The van der Waals surface area contributed by atoms with Gasteiger partial charge in [-0.2, -0.15) is 0 Å². The molecule has 2 atom stereocenters. The van der Waals surface area contributed by atoms with Crippen LogP contribution in [-0.4, -0.2) is 42.6 Å².